The molecule has 2 aromatic rings. The minimum Gasteiger partial charge on any atom is -0.389 e. The van der Waals surface area contributed by atoms with Crippen LogP contribution in [0.2, 0.25) is 0 Å². The molecule has 20 heavy (non-hydrogen) atoms. The van der Waals surface area contributed by atoms with Crippen LogP contribution < -0.4 is 0 Å². The van der Waals surface area contributed by atoms with Crippen LogP contribution in [0.25, 0.3) is 10.9 Å². The van der Waals surface area contributed by atoms with Gasteiger partial charge in [0.1, 0.15) is 0 Å². The molecule has 0 aliphatic heterocycles. The van der Waals surface area contributed by atoms with Crippen LogP contribution in [0.5, 0.6) is 0 Å². The molecule has 3 heteroatoms. The van der Waals surface area contributed by atoms with Crippen molar-refractivity contribution in [1.29, 1.82) is 0 Å². The zero-order valence-corrected chi connectivity index (χ0v) is 12.5. The molecule has 0 radical (unpaired) electrons. The SMILES string of the molecule is CCn1nc(CC2(O)CCC(C)CC2)c2ccccc21. The van der Waals surface area contributed by atoms with E-state index in [0.717, 1.165) is 43.8 Å². The Morgan fingerprint density at radius 1 is 1.30 bits per heavy atom. The Labute approximate surface area is 120 Å². The summed E-state index contributed by atoms with van der Waals surface area (Å²) in [5.41, 5.74) is 1.68. The van der Waals surface area contributed by atoms with E-state index in [4.69, 9.17) is 5.10 Å². The number of hydrogen-bond donors (Lipinski definition) is 1. The molecule has 0 saturated heterocycles. The molecule has 0 spiro atoms. The third-order valence-corrected chi connectivity index (χ3v) is 4.74. The highest BCUT2D eigenvalue weighted by Crippen LogP contribution is 2.35. The quantitative estimate of drug-likeness (QED) is 0.928. The van der Waals surface area contributed by atoms with Crippen molar-refractivity contribution in [3.8, 4) is 0 Å². The summed E-state index contributed by atoms with van der Waals surface area (Å²) in [5.74, 6) is 0.750. The van der Waals surface area contributed by atoms with Crippen molar-refractivity contribution < 1.29 is 5.11 Å². The zero-order chi connectivity index (χ0) is 14.2. The number of aliphatic hydroxyl groups is 1. The molecular weight excluding hydrogens is 248 g/mol. The molecule has 0 bridgehead atoms. The van der Waals surface area contributed by atoms with Crippen LogP contribution in [0, 0.1) is 5.92 Å². The highest BCUT2D eigenvalue weighted by molar-refractivity contribution is 5.82. The van der Waals surface area contributed by atoms with Crippen molar-refractivity contribution in [3.05, 3.63) is 30.0 Å². The van der Waals surface area contributed by atoms with Crippen LogP contribution in [-0.4, -0.2) is 20.5 Å². The standard InChI is InChI=1S/C17H24N2O/c1-3-19-16-7-5-4-6-14(16)15(18-19)12-17(20)10-8-13(2)9-11-17/h4-7,13,20H,3,8-12H2,1-2H3. The second-order valence-electron chi connectivity index (χ2n) is 6.36. The summed E-state index contributed by atoms with van der Waals surface area (Å²) >= 11 is 0. The number of para-hydroxylation sites is 1. The highest BCUT2D eigenvalue weighted by atomic mass is 16.3. The predicted octanol–water partition coefficient (Wildman–Crippen LogP) is 3.54. The van der Waals surface area contributed by atoms with Crippen molar-refractivity contribution in [1.82, 2.24) is 9.78 Å². The van der Waals surface area contributed by atoms with Gasteiger partial charge in [0, 0.05) is 18.4 Å². The molecule has 0 atom stereocenters. The summed E-state index contributed by atoms with van der Waals surface area (Å²) in [6, 6.07) is 8.35. The molecular formula is C17H24N2O. The maximum Gasteiger partial charge on any atom is 0.0731 e. The van der Waals surface area contributed by atoms with Gasteiger partial charge in [-0.2, -0.15) is 5.10 Å². The number of benzene rings is 1. The van der Waals surface area contributed by atoms with E-state index in [1.807, 2.05) is 4.68 Å². The van der Waals surface area contributed by atoms with Crippen molar-refractivity contribution in [2.45, 2.75) is 58.1 Å². The van der Waals surface area contributed by atoms with Gasteiger partial charge in [-0.1, -0.05) is 25.1 Å². The molecule has 0 unspecified atom stereocenters. The molecule has 1 aromatic heterocycles. The lowest BCUT2D eigenvalue weighted by Gasteiger charge is -2.34. The molecule has 1 aliphatic rings. The van der Waals surface area contributed by atoms with E-state index in [1.54, 1.807) is 0 Å². The van der Waals surface area contributed by atoms with Crippen molar-refractivity contribution in [2.24, 2.45) is 5.92 Å². The molecule has 1 heterocycles. The Hall–Kier alpha value is -1.35. The van der Waals surface area contributed by atoms with Gasteiger partial charge in [-0.05, 0) is 44.6 Å². The van der Waals surface area contributed by atoms with Crippen molar-refractivity contribution in [2.75, 3.05) is 0 Å². The minimum absolute atomic E-state index is 0.553. The number of nitrogens with zero attached hydrogens (tertiary/aromatic N) is 2. The average molecular weight is 272 g/mol. The fraction of sp³-hybridized carbons (Fsp3) is 0.588. The van der Waals surface area contributed by atoms with Gasteiger partial charge in [0.05, 0.1) is 16.8 Å². The first-order chi connectivity index (χ1) is 9.61. The summed E-state index contributed by atoms with van der Waals surface area (Å²) in [5, 5.41) is 16.8. The second-order valence-corrected chi connectivity index (χ2v) is 6.36. The predicted molar refractivity (Wildman–Crippen MR) is 81.7 cm³/mol. The molecule has 0 amide bonds. The molecule has 1 saturated carbocycles. The van der Waals surface area contributed by atoms with Gasteiger partial charge in [0.15, 0.2) is 0 Å². The maximum absolute atomic E-state index is 10.8. The smallest absolute Gasteiger partial charge is 0.0731 e. The normalized spacial score (nSPS) is 27.1. The van der Waals surface area contributed by atoms with Gasteiger partial charge in [0.25, 0.3) is 0 Å². The van der Waals surface area contributed by atoms with E-state index in [1.165, 1.54) is 10.9 Å². The van der Waals surface area contributed by atoms with E-state index < -0.39 is 5.60 Å². The van der Waals surface area contributed by atoms with E-state index in [-0.39, 0.29) is 0 Å². The highest BCUT2D eigenvalue weighted by Gasteiger charge is 2.33. The summed E-state index contributed by atoms with van der Waals surface area (Å²) in [6.45, 7) is 5.26. The van der Waals surface area contributed by atoms with Crippen LogP contribution in [0.1, 0.15) is 45.2 Å². The molecule has 1 fully saturated rings. The minimum atomic E-state index is -0.553. The van der Waals surface area contributed by atoms with Gasteiger partial charge in [-0.3, -0.25) is 4.68 Å². The van der Waals surface area contributed by atoms with Gasteiger partial charge in [-0.15, -0.1) is 0 Å². The van der Waals surface area contributed by atoms with E-state index in [9.17, 15) is 5.11 Å². The largest absolute Gasteiger partial charge is 0.389 e. The Balaban J connectivity index is 1.91. The van der Waals surface area contributed by atoms with Gasteiger partial charge >= 0.3 is 0 Å². The monoisotopic (exact) mass is 272 g/mol. The number of rotatable bonds is 3. The van der Waals surface area contributed by atoms with Crippen LogP contribution in [0.3, 0.4) is 0 Å². The Bertz CT molecular complexity index is 594. The topological polar surface area (TPSA) is 38.0 Å². The summed E-state index contributed by atoms with van der Waals surface area (Å²) in [6.07, 6.45) is 4.75. The molecule has 3 nitrogen and oxygen atoms in total. The Morgan fingerprint density at radius 3 is 2.70 bits per heavy atom. The number of aryl methyl sites for hydroxylation is 1. The van der Waals surface area contributed by atoms with Crippen LogP contribution in [-0.2, 0) is 13.0 Å². The maximum atomic E-state index is 10.8. The molecule has 108 valence electrons. The lowest BCUT2D eigenvalue weighted by atomic mass is 9.77. The lowest BCUT2D eigenvalue weighted by Crippen LogP contribution is -2.36. The fourth-order valence-electron chi connectivity index (χ4n) is 3.36. The van der Waals surface area contributed by atoms with E-state index in [0.29, 0.717) is 6.42 Å². The Morgan fingerprint density at radius 2 is 2.00 bits per heavy atom. The number of aromatic nitrogens is 2. The van der Waals surface area contributed by atoms with Crippen LogP contribution in [0.4, 0.5) is 0 Å². The van der Waals surface area contributed by atoms with E-state index >= 15 is 0 Å². The second kappa shape index (κ2) is 5.21. The summed E-state index contributed by atoms with van der Waals surface area (Å²) in [4.78, 5) is 0. The molecule has 1 aromatic carbocycles. The summed E-state index contributed by atoms with van der Waals surface area (Å²) in [7, 11) is 0. The first-order valence-electron chi connectivity index (χ1n) is 7.78. The van der Waals surface area contributed by atoms with E-state index in [2.05, 4.69) is 38.1 Å². The molecule has 3 rings (SSSR count). The average Bonchev–Trinajstić information content (AvgIpc) is 2.81. The van der Waals surface area contributed by atoms with Gasteiger partial charge in [0.2, 0.25) is 0 Å². The summed E-state index contributed by atoms with van der Waals surface area (Å²) < 4.78 is 2.04. The Kier molecular flexibility index (Phi) is 3.55. The number of hydrogen-bond acceptors (Lipinski definition) is 2. The fourth-order valence-corrected chi connectivity index (χ4v) is 3.36. The van der Waals surface area contributed by atoms with Crippen molar-refractivity contribution in [3.63, 3.8) is 0 Å². The third kappa shape index (κ3) is 2.47. The van der Waals surface area contributed by atoms with Crippen molar-refractivity contribution >= 4 is 10.9 Å². The third-order valence-electron chi connectivity index (χ3n) is 4.74. The molecule has 1 N–H and O–H groups in total. The first-order valence-corrected chi connectivity index (χ1v) is 7.78. The molecule has 1 aliphatic carbocycles. The zero-order valence-electron chi connectivity index (χ0n) is 12.5. The lowest BCUT2D eigenvalue weighted by molar-refractivity contribution is -0.00730. The van der Waals surface area contributed by atoms with Gasteiger partial charge < -0.3 is 5.11 Å². The van der Waals surface area contributed by atoms with Crippen LogP contribution in [0.15, 0.2) is 24.3 Å². The van der Waals surface area contributed by atoms with Crippen LogP contribution >= 0.6 is 0 Å². The first kappa shape index (κ1) is 13.6. The number of fused-ring (bicyclic) bond motifs is 1. The van der Waals surface area contributed by atoms with Gasteiger partial charge in [-0.25, -0.2) is 0 Å².